The van der Waals surface area contributed by atoms with Gasteiger partial charge in [-0.15, -0.1) is 0 Å². The van der Waals surface area contributed by atoms with Crippen LogP contribution >= 0.6 is 0 Å². The van der Waals surface area contributed by atoms with E-state index in [2.05, 4.69) is 10.4 Å². The SMILES string of the molecule is COc1cccc([C@H](CC(=O)O)NC(=O)c2cc(=O)n(-c3ccccc3F)[nH]2)c1. The number of aromatic amines is 1. The number of carbonyl (C=O) groups excluding carboxylic acids is 1. The molecule has 9 heteroatoms. The highest BCUT2D eigenvalue weighted by Gasteiger charge is 2.21. The quantitative estimate of drug-likeness (QED) is 0.564. The van der Waals surface area contributed by atoms with Crippen LogP contribution in [-0.2, 0) is 4.79 Å². The van der Waals surface area contributed by atoms with Gasteiger partial charge in [0.15, 0.2) is 0 Å². The molecule has 1 aromatic heterocycles. The van der Waals surface area contributed by atoms with Crippen LogP contribution in [0.4, 0.5) is 4.39 Å². The van der Waals surface area contributed by atoms with Crippen molar-refractivity contribution in [3.8, 4) is 11.4 Å². The average Bonchev–Trinajstić information content (AvgIpc) is 3.09. The number of benzene rings is 2. The minimum absolute atomic E-state index is 0.0357. The Morgan fingerprint density at radius 1 is 1.21 bits per heavy atom. The first-order valence-corrected chi connectivity index (χ1v) is 8.62. The van der Waals surface area contributed by atoms with E-state index in [9.17, 15) is 23.9 Å². The number of aliphatic carboxylic acids is 1. The second kappa shape index (κ2) is 8.42. The van der Waals surface area contributed by atoms with Gasteiger partial charge in [0.2, 0.25) is 0 Å². The van der Waals surface area contributed by atoms with E-state index >= 15 is 0 Å². The maximum Gasteiger partial charge on any atom is 0.305 e. The molecule has 8 nitrogen and oxygen atoms in total. The first kappa shape index (κ1) is 19.9. The molecule has 0 radical (unpaired) electrons. The molecule has 3 N–H and O–H groups in total. The van der Waals surface area contributed by atoms with E-state index in [1.807, 2.05) is 0 Å². The summed E-state index contributed by atoms with van der Waals surface area (Å²) >= 11 is 0. The summed E-state index contributed by atoms with van der Waals surface area (Å²) in [5, 5.41) is 14.3. The summed E-state index contributed by atoms with van der Waals surface area (Å²) in [6.45, 7) is 0. The van der Waals surface area contributed by atoms with E-state index in [0.29, 0.717) is 11.3 Å². The zero-order valence-electron chi connectivity index (χ0n) is 15.4. The smallest absolute Gasteiger partial charge is 0.305 e. The maximum absolute atomic E-state index is 14.0. The van der Waals surface area contributed by atoms with Gasteiger partial charge in [-0.2, -0.15) is 0 Å². The van der Waals surface area contributed by atoms with Crippen LogP contribution in [0, 0.1) is 5.82 Å². The number of nitrogens with one attached hydrogen (secondary N) is 2. The molecule has 1 amide bonds. The molecule has 1 heterocycles. The van der Waals surface area contributed by atoms with Crippen molar-refractivity contribution in [2.45, 2.75) is 12.5 Å². The minimum atomic E-state index is -1.12. The third-order valence-corrected chi connectivity index (χ3v) is 4.24. The van der Waals surface area contributed by atoms with Crippen LogP contribution in [0.5, 0.6) is 5.75 Å². The molecule has 0 bridgehead atoms. The highest BCUT2D eigenvalue weighted by molar-refractivity contribution is 5.92. The number of halogens is 1. The normalized spacial score (nSPS) is 11.7. The molecular weight excluding hydrogens is 381 g/mol. The van der Waals surface area contributed by atoms with Gasteiger partial charge in [0.1, 0.15) is 22.9 Å². The Bertz CT molecular complexity index is 1110. The van der Waals surface area contributed by atoms with E-state index in [1.165, 1.54) is 25.3 Å². The van der Waals surface area contributed by atoms with Gasteiger partial charge in [-0.3, -0.25) is 19.5 Å². The number of carboxylic acids is 1. The van der Waals surface area contributed by atoms with Crippen LogP contribution in [0.25, 0.3) is 5.69 Å². The lowest BCUT2D eigenvalue weighted by Crippen LogP contribution is -2.30. The molecule has 0 saturated heterocycles. The van der Waals surface area contributed by atoms with Crippen molar-refractivity contribution in [3.63, 3.8) is 0 Å². The number of H-pyrrole nitrogens is 1. The standard InChI is InChI=1S/C20H18FN3O5/c1-29-13-6-4-5-12(9-13)15(11-19(26)27)22-20(28)16-10-18(25)24(23-16)17-8-3-2-7-14(17)21/h2-10,15,23H,11H2,1H3,(H,22,28)(H,26,27)/t15-/m0/s1. The van der Waals surface area contributed by atoms with E-state index in [-0.39, 0.29) is 17.8 Å². The number of amides is 1. The first-order chi connectivity index (χ1) is 13.9. The zero-order chi connectivity index (χ0) is 21.0. The van der Waals surface area contributed by atoms with Crippen LogP contribution in [0.3, 0.4) is 0 Å². The molecule has 0 fully saturated rings. The lowest BCUT2D eigenvalue weighted by atomic mass is 10.0. The van der Waals surface area contributed by atoms with Gasteiger partial charge < -0.3 is 15.2 Å². The molecule has 0 aliphatic heterocycles. The summed E-state index contributed by atoms with van der Waals surface area (Å²) in [4.78, 5) is 36.1. The third-order valence-electron chi connectivity index (χ3n) is 4.24. The molecule has 2 aromatic carbocycles. The number of hydrogen-bond donors (Lipinski definition) is 3. The maximum atomic E-state index is 14.0. The van der Waals surface area contributed by atoms with E-state index in [0.717, 1.165) is 10.7 Å². The second-order valence-electron chi connectivity index (χ2n) is 6.20. The highest BCUT2D eigenvalue weighted by Crippen LogP contribution is 2.22. The summed E-state index contributed by atoms with van der Waals surface area (Å²) in [5.74, 6) is -1.95. The molecule has 0 spiro atoms. The van der Waals surface area contributed by atoms with Crippen LogP contribution in [0.2, 0.25) is 0 Å². The molecule has 0 saturated carbocycles. The largest absolute Gasteiger partial charge is 0.497 e. The molecular formula is C20H18FN3O5. The highest BCUT2D eigenvalue weighted by atomic mass is 19.1. The monoisotopic (exact) mass is 399 g/mol. The third kappa shape index (κ3) is 4.52. The number of carboxylic acid groups (broad SMARTS) is 1. The van der Waals surface area contributed by atoms with Crippen LogP contribution in [0.1, 0.15) is 28.5 Å². The van der Waals surface area contributed by atoms with Crippen molar-refractivity contribution in [1.29, 1.82) is 0 Å². The zero-order valence-corrected chi connectivity index (χ0v) is 15.4. The Kier molecular flexibility index (Phi) is 5.77. The van der Waals surface area contributed by atoms with Gasteiger partial charge in [0, 0.05) is 6.07 Å². The average molecular weight is 399 g/mol. The fraction of sp³-hybridized carbons (Fsp3) is 0.150. The molecule has 1 atom stereocenters. The Balaban J connectivity index is 1.88. The fourth-order valence-corrected chi connectivity index (χ4v) is 2.85. The number of carbonyl (C=O) groups is 2. The number of aromatic nitrogens is 2. The molecule has 3 aromatic rings. The lowest BCUT2D eigenvalue weighted by Gasteiger charge is -2.17. The van der Waals surface area contributed by atoms with E-state index in [1.54, 1.807) is 30.3 Å². The fourth-order valence-electron chi connectivity index (χ4n) is 2.85. The van der Waals surface area contributed by atoms with Crippen molar-refractivity contribution in [3.05, 3.63) is 82.0 Å². The molecule has 150 valence electrons. The number of nitrogens with zero attached hydrogens (tertiary/aromatic N) is 1. The van der Waals surface area contributed by atoms with Crippen molar-refractivity contribution < 1.29 is 23.8 Å². The number of ether oxygens (including phenoxy) is 1. The van der Waals surface area contributed by atoms with Crippen LogP contribution in [0.15, 0.2) is 59.4 Å². The summed E-state index contributed by atoms with van der Waals surface area (Å²) in [6, 6.07) is 12.4. The van der Waals surface area contributed by atoms with Crippen molar-refractivity contribution >= 4 is 11.9 Å². The molecule has 29 heavy (non-hydrogen) atoms. The van der Waals surface area contributed by atoms with Gasteiger partial charge in [-0.05, 0) is 29.8 Å². The van der Waals surface area contributed by atoms with Crippen molar-refractivity contribution in [2.24, 2.45) is 0 Å². The van der Waals surface area contributed by atoms with Crippen molar-refractivity contribution in [2.75, 3.05) is 7.11 Å². The Morgan fingerprint density at radius 3 is 2.66 bits per heavy atom. The lowest BCUT2D eigenvalue weighted by molar-refractivity contribution is -0.137. The Hall–Kier alpha value is -3.88. The Morgan fingerprint density at radius 2 is 1.97 bits per heavy atom. The molecule has 0 aliphatic rings. The van der Waals surface area contributed by atoms with Gasteiger partial charge in [-0.25, -0.2) is 9.07 Å². The van der Waals surface area contributed by atoms with Gasteiger partial charge in [-0.1, -0.05) is 24.3 Å². The van der Waals surface area contributed by atoms with E-state index < -0.39 is 29.3 Å². The topological polar surface area (TPSA) is 113 Å². The van der Waals surface area contributed by atoms with E-state index in [4.69, 9.17) is 4.74 Å². The number of rotatable bonds is 7. The Labute approximate surface area is 164 Å². The predicted molar refractivity (Wildman–Crippen MR) is 102 cm³/mol. The summed E-state index contributed by atoms with van der Waals surface area (Å²) in [5.41, 5.74) is -0.268. The minimum Gasteiger partial charge on any atom is -0.497 e. The van der Waals surface area contributed by atoms with Gasteiger partial charge in [0.05, 0.1) is 19.6 Å². The summed E-state index contributed by atoms with van der Waals surface area (Å²) < 4.78 is 20.0. The molecule has 0 unspecified atom stereocenters. The first-order valence-electron chi connectivity index (χ1n) is 8.62. The van der Waals surface area contributed by atoms with Crippen LogP contribution < -0.4 is 15.6 Å². The molecule has 3 rings (SSSR count). The van der Waals surface area contributed by atoms with Gasteiger partial charge in [0.25, 0.3) is 11.5 Å². The number of para-hydroxylation sites is 1. The molecule has 0 aliphatic carbocycles. The predicted octanol–water partition coefficient (Wildman–Crippen LogP) is 2.26. The number of hydrogen-bond acceptors (Lipinski definition) is 4. The number of methoxy groups -OCH3 is 1. The second-order valence-corrected chi connectivity index (χ2v) is 6.20. The summed E-state index contributed by atoms with van der Waals surface area (Å²) in [7, 11) is 1.47. The van der Waals surface area contributed by atoms with Crippen LogP contribution in [-0.4, -0.2) is 33.9 Å². The van der Waals surface area contributed by atoms with Crippen molar-refractivity contribution in [1.82, 2.24) is 15.1 Å². The summed E-state index contributed by atoms with van der Waals surface area (Å²) in [6.07, 6.45) is -0.378. The van der Waals surface area contributed by atoms with Gasteiger partial charge >= 0.3 is 5.97 Å².